The molecule has 27 heavy (non-hydrogen) atoms. The zero-order valence-corrected chi connectivity index (χ0v) is 15.5. The minimum Gasteiger partial charge on any atom is -0.435 e. The topological polar surface area (TPSA) is 9.23 Å². The Hall–Kier alpha value is -2.68. The molecule has 0 bridgehead atoms. The highest BCUT2D eigenvalue weighted by atomic mass is 19.3. The minimum absolute atomic E-state index is 0.170. The molecule has 0 heterocycles. The standard InChI is InChI=1S/C24H24F2O/c1-2-3-5-8-18-11-13-20(14-12-18)22-16-15-21(27-24(25)26)17-23(22)19-9-6-4-7-10-19/h4,6-7,9-17,24H,2-3,5,8H2,1H3. The molecule has 0 aliphatic carbocycles. The van der Waals surface area contributed by atoms with Gasteiger partial charge in [-0.15, -0.1) is 0 Å². The summed E-state index contributed by atoms with van der Waals surface area (Å²) in [4.78, 5) is 0. The fourth-order valence-corrected chi connectivity index (χ4v) is 3.24. The maximum Gasteiger partial charge on any atom is 0.387 e. The van der Waals surface area contributed by atoms with E-state index >= 15 is 0 Å². The lowest BCUT2D eigenvalue weighted by atomic mass is 9.93. The molecule has 0 aromatic heterocycles. The number of halogens is 2. The van der Waals surface area contributed by atoms with Crippen molar-refractivity contribution in [3.05, 3.63) is 78.4 Å². The van der Waals surface area contributed by atoms with Crippen LogP contribution in [0.1, 0.15) is 31.7 Å². The van der Waals surface area contributed by atoms with E-state index in [0.29, 0.717) is 0 Å². The average Bonchev–Trinajstić information content (AvgIpc) is 2.69. The van der Waals surface area contributed by atoms with Gasteiger partial charge in [0.2, 0.25) is 0 Å². The van der Waals surface area contributed by atoms with Crippen LogP contribution in [0.5, 0.6) is 5.75 Å². The van der Waals surface area contributed by atoms with E-state index in [9.17, 15) is 8.78 Å². The van der Waals surface area contributed by atoms with Gasteiger partial charge in [-0.25, -0.2) is 0 Å². The van der Waals surface area contributed by atoms with Crippen LogP contribution in [0.15, 0.2) is 72.8 Å². The summed E-state index contributed by atoms with van der Waals surface area (Å²) in [6.07, 6.45) is 4.74. The summed E-state index contributed by atoms with van der Waals surface area (Å²) in [5.41, 5.74) is 5.25. The van der Waals surface area contributed by atoms with E-state index in [1.165, 1.54) is 24.8 Å². The van der Waals surface area contributed by atoms with E-state index in [1.807, 2.05) is 36.4 Å². The molecule has 0 fully saturated rings. The van der Waals surface area contributed by atoms with E-state index in [4.69, 9.17) is 0 Å². The molecule has 0 saturated carbocycles. The van der Waals surface area contributed by atoms with Crippen molar-refractivity contribution in [3.8, 4) is 28.0 Å². The van der Waals surface area contributed by atoms with Crippen LogP contribution in [0.25, 0.3) is 22.3 Å². The lowest BCUT2D eigenvalue weighted by Crippen LogP contribution is -2.02. The molecule has 0 aliphatic heterocycles. The van der Waals surface area contributed by atoms with Crippen LogP contribution < -0.4 is 4.74 Å². The van der Waals surface area contributed by atoms with Crippen molar-refractivity contribution in [2.45, 2.75) is 39.2 Å². The molecule has 0 unspecified atom stereocenters. The predicted molar refractivity (Wildman–Crippen MR) is 107 cm³/mol. The fourth-order valence-electron chi connectivity index (χ4n) is 3.24. The molecule has 1 nitrogen and oxygen atoms in total. The second kappa shape index (κ2) is 9.31. The van der Waals surface area contributed by atoms with Gasteiger partial charge >= 0.3 is 6.61 Å². The smallest absolute Gasteiger partial charge is 0.387 e. The second-order valence-corrected chi connectivity index (χ2v) is 6.61. The van der Waals surface area contributed by atoms with E-state index < -0.39 is 6.61 Å². The molecule has 3 heteroatoms. The highest BCUT2D eigenvalue weighted by molar-refractivity contribution is 5.84. The van der Waals surface area contributed by atoms with Gasteiger partial charge in [0, 0.05) is 0 Å². The molecule has 0 N–H and O–H groups in total. The van der Waals surface area contributed by atoms with Crippen LogP contribution in [0.4, 0.5) is 8.78 Å². The second-order valence-electron chi connectivity index (χ2n) is 6.61. The quantitative estimate of drug-likeness (QED) is 0.379. The van der Waals surface area contributed by atoms with Crippen molar-refractivity contribution in [2.75, 3.05) is 0 Å². The van der Waals surface area contributed by atoms with Crippen LogP contribution in [-0.2, 0) is 6.42 Å². The summed E-state index contributed by atoms with van der Waals surface area (Å²) in [6.45, 7) is -0.628. The van der Waals surface area contributed by atoms with Crippen molar-refractivity contribution in [2.24, 2.45) is 0 Å². The lowest BCUT2D eigenvalue weighted by Gasteiger charge is -2.14. The van der Waals surface area contributed by atoms with Crippen LogP contribution in [0, 0.1) is 0 Å². The first-order valence-electron chi connectivity index (χ1n) is 9.41. The molecule has 0 radical (unpaired) electrons. The highest BCUT2D eigenvalue weighted by Gasteiger charge is 2.12. The Morgan fingerprint density at radius 1 is 0.778 bits per heavy atom. The number of hydrogen-bond donors (Lipinski definition) is 0. The van der Waals surface area contributed by atoms with Crippen molar-refractivity contribution in [1.29, 1.82) is 0 Å². The number of alkyl halides is 2. The minimum atomic E-state index is -2.83. The number of hydrogen-bond acceptors (Lipinski definition) is 1. The van der Waals surface area contributed by atoms with Gasteiger partial charge in [0.15, 0.2) is 0 Å². The van der Waals surface area contributed by atoms with Gasteiger partial charge in [-0.1, -0.05) is 80.4 Å². The molecule has 0 amide bonds. The summed E-state index contributed by atoms with van der Waals surface area (Å²) in [5.74, 6) is 0.170. The molecular formula is C24H24F2O. The lowest BCUT2D eigenvalue weighted by molar-refractivity contribution is -0.0498. The van der Waals surface area contributed by atoms with Gasteiger partial charge in [0.05, 0.1) is 0 Å². The van der Waals surface area contributed by atoms with E-state index in [-0.39, 0.29) is 5.75 Å². The van der Waals surface area contributed by atoms with Crippen LogP contribution in [0.3, 0.4) is 0 Å². The zero-order valence-electron chi connectivity index (χ0n) is 15.5. The van der Waals surface area contributed by atoms with Crippen molar-refractivity contribution in [3.63, 3.8) is 0 Å². The molecule has 0 spiro atoms. The van der Waals surface area contributed by atoms with Crippen LogP contribution in [0.2, 0.25) is 0 Å². The third kappa shape index (κ3) is 5.16. The summed E-state index contributed by atoms with van der Waals surface area (Å²) in [5, 5.41) is 0. The van der Waals surface area contributed by atoms with Crippen molar-refractivity contribution >= 4 is 0 Å². The summed E-state index contributed by atoms with van der Waals surface area (Å²) in [6, 6.07) is 23.4. The van der Waals surface area contributed by atoms with Gasteiger partial charge in [-0.05, 0) is 52.8 Å². The Morgan fingerprint density at radius 3 is 2.15 bits per heavy atom. The zero-order chi connectivity index (χ0) is 19.1. The number of benzene rings is 3. The fraction of sp³-hybridized carbons (Fsp3) is 0.250. The Morgan fingerprint density at radius 2 is 1.48 bits per heavy atom. The first-order valence-corrected chi connectivity index (χ1v) is 9.41. The van der Waals surface area contributed by atoms with Gasteiger partial charge in [0.25, 0.3) is 0 Å². The highest BCUT2D eigenvalue weighted by Crippen LogP contribution is 2.35. The first-order chi connectivity index (χ1) is 13.2. The molecular weight excluding hydrogens is 342 g/mol. The summed E-state index contributed by atoms with van der Waals surface area (Å²) >= 11 is 0. The maximum absolute atomic E-state index is 12.6. The molecule has 0 atom stereocenters. The number of ether oxygens (including phenoxy) is 1. The monoisotopic (exact) mass is 366 g/mol. The molecule has 0 aliphatic rings. The van der Waals surface area contributed by atoms with Gasteiger partial charge < -0.3 is 4.74 Å². The van der Waals surface area contributed by atoms with Crippen molar-refractivity contribution in [1.82, 2.24) is 0 Å². The predicted octanol–water partition coefficient (Wildman–Crippen LogP) is 7.35. The van der Waals surface area contributed by atoms with Crippen LogP contribution in [-0.4, -0.2) is 6.61 Å². The van der Waals surface area contributed by atoms with E-state index in [1.54, 1.807) is 12.1 Å². The first kappa shape index (κ1) is 19.1. The average molecular weight is 366 g/mol. The SMILES string of the molecule is CCCCCc1ccc(-c2ccc(OC(F)F)cc2-c2ccccc2)cc1. The third-order valence-electron chi connectivity index (χ3n) is 4.63. The molecule has 140 valence electrons. The van der Waals surface area contributed by atoms with E-state index in [2.05, 4.69) is 35.9 Å². The van der Waals surface area contributed by atoms with Crippen LogP contribution >= 0.6 is 0 Å². The van der Waals surface area contributed by atoms with Gasteiger partial charge in [0.1, 0.15) is 5.75 Å². The Balaban J connectivity index is 1.94. The number of rotatable bonds is 8. The largest absolute Gasteiger partial charge is 0.435 e. The Bertz CT molecular complexity index is 842. The Kier molecular flexibility index (Phi) is 6.59. The molecule has 3 aromatic carbocycles. The summed E-state index contributed by atoms with van der Waals surface area (Å²) < 4.78 is 29.9. The van der Waals surface area contributed by atoms with Gasteiger partial charge in [-0.3, -0.25) is 0 Å². The van der Waals surface area contributed by atoms with Gasteiger partial charge in [-0.2, -0.15) is 8.78 Å². The van der Waals surface area contributed by atoms with Crippen molar-refractivity contribution < 1.29 is 13.5 Å². The molecule has 3 aromatic rings. The Labute approximate surface area is 159 Å². The number of unbranched alkanes of at least 4 members (excludes halogenated alkanes) is 2. The maximum atomic E-state index is 12.6. The normalized spacial score (nSPS) is 11.0. The third-order valence-corrected chi connectivity index (χ3v) is 4.63. The van der Waals surface area contributed by atoms with E-state index in [0.717, 1.165) is 28.7 Å². The molecule has 3 rings (SSSR count). The summed E-state index contributed by atoms with van der Waals surface area (Å²) in [7, 11) is 0. The number of aryl methyl sites for hydroxylation is 1. The molecule has 0 saturated heterocycles.